The maximum atomic E-state index is 6.45. The molecule has 0 radical (unpaired) electrons. The summed E-state index contributed by atoms with van der Waals surface area (Å²) in [5, 5.41) is 3.66. The van der Waals surface area contributed by atoms with Crippen molar-refractivity contribution in [1.29, 1.82) is 0 Å². The topological polar surface area (TPSA) is 18.1 Å². The van der Waals surface area contributed by atoms with Crippen LogP contribution in [0.2, 0.25) is 0 Å². The van der Waals surface area contributed by atoms with Crippen molar-refractivity contribution in [2.24, 2.45) is 0 Å². The Hall–Kier alpha value is -6.12. The number of aromatic nitrogens is 1. The highest BCUT2D eigenvalue weighted by Gasteiger charge is 2.29. The smallest absolute Gasteiger partial charge is 0.143 e. The number of fused-ring (bicyclic) bond motifs is 8. The summed E-state index contributed by atoms with van der Waals surface area (Å²) in [6.45, 7) is 0. The van der Waals surface area contributed by atoms with Crippen molar-refractivity contribution >= 4 is 44.5 Å². The fourth-order valence-electron chi connectivity index (χ4n) is 9.32. The van der Waals surface area contributed by atoms with Gasteiger partial charge in [-0.25, -0.2) is 0 Å². The number of furan rings is 1. The van der Waals surface area contributed by atoms with E-state index in [1.807, 2.05) is 6.07 Å². The fourth-order valence-corrected chi connectivity index (χ4v) is 9.32. The van der Waals surface area contributed by atoms with E-state index in [1.54, 1.807) is 5.57 Å². The van der Waals surface area contributed by atoms with Gasteiger partial charge >= 0.3 is 0 Å². The number of allylic oxidation sites excluding steroid dienone is 5. The van der Waals surface area contributed by atoms with Gasteiger partial charge in [0.05, 0.1) is 5.52 Å². The Morgan fingerprint density at radius 3 is 2.35 bits per heavy atom. The average Bonchev–Trinajstić information content (AvgIpc) is 3.76. The first-order chi connectivity index (χ1) is 25.8. The number of hydrogen-bond donors (Lipinski definition) is 0. The maximum absolute atomic E-state index is 6.45. The van der Waals surface area contributed by atoms with Gasteiger partial charge in [-0.3, -0.25) is 0 Å². The predicted octanol–water partition coefficient (Wildman–Crippen LogP) is 13.3. The van der Waals surface area contributed by atoms with E-state index in [9.17, 15) is 0 Å². The van der Waals surface area contributed by atoms with Crippen LogP contribution in [-0.2, 0) is 12.8 Å². The molecular weight excluding hydrogens is 631 g/mol. The third-order valence-corrected chi connectivity index (χ3v) is 11.8. The van der Waals surface area contributed by atoms with Gasteiger partial charge in [0.2, 0.25) is 0 Å². The first-order valence-electron chi connectivity index (χ1n) is 18.7. The third kappa shape index (κ3) is 4.57. The lowest BCUT2D eigenvalue weighted by atomic mass is 9.72. The standard InChI is InChI=1S/C50H37NO/c1-2-12-32(13-3-1)44-31-36-25-24-33(29-45(36)40-17-5-4-16-39(40)44)34-26-27-48-46(30-34)41-18-6-8-22-47(41)51(48)37-15-10-14-35(28-37)38-20-11-21-43-42-19-7-9-23-49(42)52-50(38)43/h1-3,5,7-15,17,19-30,44H,4,6,16,18,31H2. The van der Waals surface area contributed by atoms with Gasteiger partial charge in [-0.05, 0) is 119 Å². The Kier molecular flexibility index (Phi) is 6.67. The van der Waals surface area contributed by atoms with E-state index in [0.29, 0.717) is 5.92 Å². The lowest BCUT2D eigenvalue weighted by Crippen LogP contribution is -2.16. The minimum Gasteiger partial charge on any atom is -0.455 e. The van der Waals surface area contributed by atoms with Crippen LogP contribution in [0.25, 0.3) is 72.4 Å². The van der Waals surface area contributed by atoms with Crippen molar-refractivity contribution in [3.8, 4) is 27.9 Å². The van der Waals surface area contributed by atoms with Crippen molar-refractivity contribution in [1.82, 2.24) is 4.57 Å². The Balaban J connectivity index is 1.02. The lowest BCUT2D eigenvalue weighted by Gasteiger charge is -2.32. The zero-order valence-electron chi connectivity index (χ0n) is 29.0. The van der Waals surface area contributed by atoms with Crippen LogP contribution in [0.15, 0.2) is 162 Å². The van der Waals surface area contributed by atoms with E-state index in [4.69, 9.17) is 4.42 Å². The molecule has 0 fully saturated rings. The Labute approximate surface area is 303 Å². The monoisotopic (exact) mass is 667 g/mol. The normalized spacial score (nSPS) is 16.4. The van der Waals surface area contributed by atoms with Crippen molar-refractivity contribution in [2.45, 2.75) is 38.0 Å². The molecule has 0 saturated carbocycles. The highest BCUT2D eigenvalue weighted by Crippen LogP contribution is 2.46. The summed E-state index contributed by atoms with van der Waals surface area (Å²) >= 11 is 0. The van der Waals surface area contributed by atoms with Crippen LogP contribution in [0.1, 0.15) is 53.1 Å². The van der Waals surface area contributed by atoms with Gasteiger partial charge in [0, 0.05) is 39.0 Å². The first-order valence-corrected chi connectivity index (χ1v) is 18.7. The molecule has 52 heavy (non-hydrogen) atoms. The van der Waals surface area contributed by atoms with Gasteiger partial charge in [-0.2, -0.15) is 0 Å². The highest BCUT2D eigenvalue weighted by atomic mass is 16.3. The Morgan fingerprint density at radius 2 is 1.38 bits per heavy atom. The molecule has 6 aromatic carbocycles. The third-order valence-electron chi connectivity index (χ3n) is 11.8. The molecule has 0 N–H and O–H groups in total. The molecule has 1 unspecified atom stereocenters. The summed E-state index contributed by atoms with van der Waals surface area (Å²) < 4.78 is 8.91. The van der Waals surface area contributed by atoms with E-state index < -0.39 is 0 Å². The van der Waals surface area contributed by atoms with Gasteiger partial charge in [-0.15, -0.1) is 0 Å². The molecule has 2 aromatic heterocycles. The second kappa shape index (κ2) is 11.7. The fraction of sp³-hybridized carbons (Fsp3) is 0.120. The molecule has 3 aliphatic carbocycles. The Morgan fingerprint density at radius 1 is 0.577 bits per heavy atom. The van der Waals surface area contributed by atoms with Crippen molar-refractivity contribution in [3.05, 3.63) is 185 Å². The average molecular weight is 668 g/mol. The van der Waals surface area contributed by atoms with E-state index >= 15 is 0 Å². The number of nitrogens with zero attached hydrogens (tertiary/aromatic N) is 1. The van der Waals surface area contributed by atoms with Gasteiger partial charge in [0.25, 0.3) is 0 Å². The summed E-state index contributed by atoms with van der Waals surface area (Å²) in [6.07, 6.45) is 14.9. The molecule has 1 atom stereocenters. The van der Waals surface area contributed by atoms with Crippen LogP contribution in [-0.4, -0.2) is 4.57 Å². The van der Waals surface area contributed by atoms with Crippen LogP contribution in [0.4, 0.5) is 0 Å². The zero-order valence-corrected chi connectivity index (χ0v) is 29.0. The number of aryl methyl sites for hydroxylation is 1. The molecule has 0 bridgehead atoms. The predicted molar refractivity (Wildman–Crippen MR) is 217 cm³/mol. The maximum Gasteiger partial charge on any atom is 0.143 e. The largest absolute Gasteiger partial charge is 0.455 e. The van der Waals surface area contributed by atoms with E-state index in [-0.39, 0.29) is 0 Å². The molecular formula is C50H37NO. The second-order valence-electron chi connectivity index (χ2n) is 14.6. The SMILES string of the molecule is C1=CC2=C(CC1)C(c1ccccc1)Cc1ccc(-c3ccc4c(c3)c3c(n4-c4cccc(-c5cccc6c5oc5ccccc56)c4)C=CCC3)cc12. The summed E-state index contributed by atoms with van der Waals surface area (Å²) in [5.74, 6) is 0.459. The van der Waals surface area contributed by atoms with Gasteiger partial charge in [-0.1, -0.05) is 121 Å². The summed E-state index contributed by atoms with van der Waals surface area (Å²) in [7, 11) is 0. The summed E-state index contributed by atoms with van der Waals surface area (Å²) in [6, 6.07) is 49.2. The van der Waals surface area contributed by atoms with E-state index in [0.717, 1.165) is 65.2 Å². The lowest BCUT2D eigenvalue weighted by molar-refractivity contribution is 0.670. The zero-order chi connectivity index (χ0) is 34.2. The van der Waals surface area contributed by atoms with Gasteiger partial charge in [0.1, 0.15) is 11.2 Å². The highest BCUT2D eigenvalue weighted by molar-refractivity contribution is 6.09. The number of para-hydroxylation sites is 2. The van der Waals surface area contributed by atoms with Crippen LogP contribution < -0.4 is 0 Å². The Bertz CT molecular complexity index is 2820. The van der Waals surface area contributed by atoms with E-state index in [2.05, 4.69) is 156 Å². The van der Waals surface area contributed by atoms with Crippen molar-refractivity contribution < 1.29 is 4.42 Å². The van der Waals surface area contributed by atoms with Gasteiger partial charge < -0.3 is 8.98 Å². The molecule has 0 amide bonds. The summed E-state index contributed by atoms with van der Waals surface area (Å²) in [4.78, 5) is 0. The molecule has 2 nitrogen and oxygen atoms in total. The quantitative estimate of drug-likeness (QED) is 0.183. The van der Waals surface area contributed by atoms with Crippen LogP contribution in [0.5, 0.6) is 0 Å². The van der Waals surface area contributed by atoms with Crippen molar-refractivity contribution in [2.75, 3.05) is 0 Å². The van der Waals surface area contributed by atoms with Crippen LogP contribution >= 0.6 is 0 Å². The molecule has 11 rings (SSSR count). The van der Waals surface area contributed by atoms with E-state index in [1.165, 1.54) is 61.2 Å². The molecule has 0 saturated heterocycles. The minimum absolute atomic E-state index is 0.459. The second-order valence-corrected chi connectivity index (χ2v) is 14.6. The molecule has 2 heteroatoms. The molecule has 0 aliphatic heterocycles. The first kappa shape index (κ1) is 29.6. The molecule has 0 spiro atoms. The van der Waals surface area contributed by atoms with Crippen molar-refractivity contribution in [3.63, 3.8) is 0 Å². The molecule has 3 aliphatic rings. The summed E-state index contributed by atoms with van der Waals surface area (Å²) in [5.41, 5.74) is 19.2. The van der Waals surface area contributed by atoms with Crippen LogP contribution in [0.3, 0.4) is 0 Å². The number of rotatable bonds is 4. The number of hydrogen-bond acceptors (Lipinski definition) is 1. The number of benzene rings is 6. The molecule has 8 aromatic rings. The molecule has 248 valence electrons. The minimum atomic E-state index is 0.459. The van der Waals surface area contributed by atoms with Crippen LogP contribution in [0, 0.1) is 0 Å². The molecule has 2 heterocycles. The van der Waals surface area contributed by atoms with Gasteiger partial charge in [0.15, 0.2) is 0 Å².